The first-order valence-corrected chi connectivity index (χ1v) is 6.88. The molecule has 0 saturated heterocycles. The van der Waals surface area contributed by atoms with Crippen LogP contribution in [-0.2, 0) is 0 Å². The number of benzene rings is 1. The Morgan fingerprint density at radius 2 is 1.89 bits per heavy atom. The maximum absolute atomic E-state index is 5.98. The Hall–Kier alpha value is -1.32. The van der Waals surface area contributed by atoms with Crippen LogP contribution in [0.5, 0.6) is 0 Å². The third kappa shape index (κ3) is 2.99. The maximum atomic E-state index is 5.98. The zero-order chi connectivity index (χ0) is 14.0. The van der Waals surface area contributed by atoms with Gasteiger partial charge in [-0.1, -0.05) is 18.2 Å². The molecule has 19 heavy (non-hydrogen) atoms. The molecule has 104 valence electrons. The highest BCUT2D eigenvalue weighted by molar-refractivity contribution is 5.82. The zero-order valence-corrected chi connectivity index (χ0v) is 12.5. The molecule has 0 radical (unpaired) electrons. The third-order valence-corrected chi connectivity index (χ3v) is 3.87. The average Bonchev–Trinajstić information content (AvgIpc) is 2.73. The second-order valence-corrected chi connectivity index (χ2v) is 5.53. The van der Waals surface area contributed by atoms with E-state index < -0.39 is 0 Å². The summed E-state index contributed by atoms with van der Waals surface area (Å²) < 4.78 is 5.98. The topological polar surface area (TPSA) is 28.4 Å². The summed E-state index contributed by atoms with van der Waals surface area (Å²) in [4.78, 5) is 2.21. The molecule has 0 bridgehead atoms. The molecule has 1 heterocycles. The largest absolute Gasteiger partial charge is 0.459 e. The lowest BCUT2D eigenvalue weighted by atomic mass is 10.1. The molecular formula is C16H24N2O. The Morgan fingerprint density at radius 3 is 2.53 bits per heavy atom. The molecule has 0 aliphatic rings. The summed E-state index contributed by atoms with van der Waals surface area (Å²) in [6.45, 7) is 7.46. The molecule has 1 aromatic carbocycles. The summed E-state index contributed by atoms with van der Waals surface area (Å²) in [5.74, 6) is 1.05. The number of nitrogens with zero attached hydrogens (tertiary/aromatic N) is 1. The summed E-state index contributed by atoms with van der Waals surface area (Å²) in [7, 11) is 4.20. The average molecular weight is 260 g/mol. The predicted octanol–water partition coefficient (Wildman–Crippen LogP) is 3.34. The van der Waals surface area contributed by atoms with Crippen molar-refractivity contribution in [3.8, 4) is 0 Å². The van der Waals surface area contributed by atoms with Gasteiger partial charge in [-0.25, -0.2) is 0 Å². The van der Waals surface area contributed by atoms with Crippen molar-refractivity contribution in [1.82, 2.24) is 10.2 Å². The number of rotatable bonds is 5. The minimum atomic E-state index is 0.231. The van der Waals surface area contributed by atoms with E-state index in [1.165, 1.54) is 10.9 Å². The molecule has 2 atom stereocenters. The molecule has 0 spiro atoms. The highest BCUT2D eigenvalue weighted by atomic mass is 16.3. The number of para-hydroxylation sites is 1. The van der Waals surface area contributed by atoms with Gasteiger partial charge < -0.3 is 14.6 Å². The second-order valence-electron chi connectivity index (χ2n) is 5.53. The monoisotopic (exact) mass is 260 g/mol. The van der Waals surface area contributed by atoms with Gasteiger partial charge in [0.05, 0.1) is 6.04 Å². The Morgan fingerprint density at radius 1 is 1.21 bits per heavy atom. The smallest absolute Gasteiger partial charge is 0.134 e. The van der Waals surface area contributed by atoms with Gasteiger partial charge in [0.15, 0.2) is 0 Å². The van der Waals surface area contributed by atoms with Crippen LogP contribution in [0.2, 0.25) is 0 Å². The second kappa shape index (κ2) is 5.76. The molecule has 2 aromatic rings. The van der Waals surface area contributed by atoms with Crippen LogP contribution in [0.1, 0.15) is 31.2 Å². The van der Waals surface area contributed by atoms with Crippen LogP contribution in [0, 0.1) is 6.92 Å². The van der Waals surface area contributed by atoms with E-state index in [0.29, 0.717) is 6.04 Å². The first-order valence-electron chi connectivity index (χ1n) is 6.88. The Labute approximate surface area is 115 Å². The summed E-state index contributed by atoms with van der Waals surface area (Å²) in [6.07, 6.45) is 0. The van der Waals surface area contributed by atoms with Gasteiger partial charge in [0, 0.05) is 18.0 Å². The van der Waals surface area contributed by atoms with Crippen molar-refractivity contribution in [2.24, 2.45) is 0 Å². The predicted molar refractivity (Wildman–Crippen MR) is 80.5 cm³/mol. The van der Waals surface area contributed by atoms with E-state index >= 15 is 0 Å². The number of hydrogen-bond acceptors (Lipinski definition) is 3. The fraction of sp³-hybridized carbons (Fsp3) is 0.500. The molecule has 0 aliphatic carbocycles. The van der Waals surface area contributed by atoms with E-state index in [9.17, 15) is 0 Å². The summed E-state index contributed by atoms with van der Waals surface area (Å²) in [5.41, 5.74) is 2.22. The number of fused-ring (bicyclic) bond motifs is 1. The van der Waals surface area contributed by atoms with E-state index in [1.807, 2.05) is 12.1 Å². The number of nitrogens with one attached hydrogen (secondary N) is 1. The SMILES string of the molecule is Cc1c(C(C)NCC(C)N(C)C)oc2ccccc12. The van der Waals surface area contributed by atoms with Crippen LogP contribution in [0.3, 0.4) is 0 Å². The zero-order valence-electron chi connectivity index (χ0n) is 12.5. The lowest BCUT2D eigenvalue weighted by Gasteiger charge is -2.22. The van der Waals surface area contributed by atoms with Crippen LogP contribution in [-0.4, -0.2) is 31.6 Å². The van der Waals surface area contributed by atoms with Gasteiger partial charge >= 0.3 is 0 Å². The lowest BCUT2D eigenvalue weighted by molar-refractivity contribution is 0.290. The summed E-state index contributed by atoms with van der Waals surface area (Å²) in [6, 6.07) is 8.96. The third-order valence-electron chi connectivity index (χ3n) is 3.87. The van der Waals surface area contributed by atoms with Crippen molar-refractivity contribution in [3.05, 3.63) is 35.6 Å². The standard InChI is InChI=1S/C16H24N2O/c1-11(18(4)5)10-17-13(3)16-12(2)14-8-6-7-9-15(14)19-16/h6-9,11,13,17H,10H2,1-5H3. The molecule has 3 nitrogen and oxygen atoms in total. The van der Waals surface area contributed by atoms with Crippen molar-refractivity contribution in [2.45, 2.75) is 32.9 Å². The van der Waals surface area contributed by atoms with Crippen molar-refractivity contribution in [3.63, 3.8) is 0 Å². The molecule has 2 unspecified atom stereocenters. The van der Waals surface area contributed by atoms with Crippen molar-refractivity contribution in [1.29, 1.82) is 0 Å². The first-order chi connectivity index (χ1) is 9.00. The molecule has 3 heteroatoms. The van der Waals surface area contributed by atoms with Crippen LogP contribution < -0.4 is 5.32 Å². The van der Waals surface area contributed by atoms with E-state index in [1.54, 1.807) is 0 Å². The van der Waals surface area contributed by atoms with Crippen LogP contribution in [0.15, 0.2) is 28.7 Å². The Kier molecular flexibility index (Phi) is 4.27. The fourth-order valence-corrected chi connectivity index (χ4v) is 2.23. The summed E-state index contributed by atoms with van der Waals surface area (Å²) in [5, 5.41) is 4.76. The molecule has 0 fully saturated rings. The van der Waals surface area contributed by atoms with Gasteiger partial charge in [-0.3, -0.25) is 0 Å². The number of aryl methyl sites for hydroxylation is 1. The van der Waals surface area contributed by atoms with E-state index in [-0.39, 0.29) is 6.04 Å². The first kappa shape index (κ1) is 14.1. The highest BCUT2D eigenvalue weighted by Crippen LogP contribution is 2.29. The van der Waals surface area contributed by atoms with Crippen molar-refractivity contribution >= 4 is 11.0 Å². The van der Waals surface area contributed by atoms with E-state index in [4.69, 9.17) is 4.42 Å². The minimum absolute atomic E-state index is 0.231. The maximum Gasteiger partial charge on any atom is 0.134 e. The Balaban J connectivity index is 2.13. The molecular weight excluding hydrogens is 236 g/mol. The van der Waals surface area contributed by atoms with Crippen LogP contribution >= 0.6 is 0 Å². The van der Waals surface area contributed by atoms with Gasteiger partial charge in [-0.2, -0.15) is 0 Å². The molecule has 0 saturated carbocycles. The van der Waals surface area contributed by atoms with Gasteiger partial charge in [0.1, 0.15) is 11.3 Å². The molecule has 0 aliphatic heterocycles. The highest BCUT2D eigenvalue weighted by Gasteiger charge is 2.16. The van der Waals surface area contributed by atoms with Gasteiger partial charge in [-0.05, 0) is 46.5 Å². The van der Waals surface area contributed by atoms with Crippen molar-refractivity contribution in [2.75, 3.05) is 20.6 Å². The number of furan rings is 1. The fourth-order valence-electron chi connectivity index (χ4n) is 2.23. The van der Waals surface area contributed by atoms with Gasteiger partial charge in [-0.15, -0.1) is 0 Å². The van der Waals surface area contributed by atoms with Crippen molar-refractivity contribution < 1.29 is 4.42 Å². The van der Waals surface area contributed by atoms with Gasteiger partial charge in [0.25, 0.3) is 0 Å². The van der Waals surface area contributed by atoms with E-state index in [0.717, 1.165) is 17.9 Å². The minimum Gasteiger partial charge on any atom is -0.459 e. The quantitative estimate of drug-likeness (QED) is 0.893. The number of hydrogen-bond donors (Lipinski definition) is 1. The molecule has 1 aromatic heterocycles. The van der Waals surface area contributed by atoms with Crippen LogP contribution in [0.4, 0.5) is 0 Å². The van der Waals surface area contributed by atoms with Crippen LogP contribution in [0.25, 0.3) is 11.0 Å². The lowest BCUT2D eigenvalue weighted by Crippen LogP contribution is -2.36. The molecule has 2 rings (SSSR count). The Bertz CT molecular complexity index is 545. The van der Waals surface area contributed by atoms with Gasteiger partial charge in [0.2, 0.25) is 0 Å². The van der Waals surface area contributed by atoms with E-state index in [2.05, 4.69) is 57.2 Å². The number of likely N-dealkylation sites (N-methyl/N-ethyl adjacent to an activating group) is 1. The molecule has 0 amide bonds. The normalized spacial score (nSPS) is 15.1. The summed E-state index contributed by atoms with van der Waals surface area (Å²) >= 11 is 0. The molecule has 1 N–H and O–H groups in total.